The smallest absolute Gasteiger partial charge is 0.154 e. The van der Waals surface area contributed by atoms with Crippen molar-refractivity contribution >= 4 is 22.6 Å². The summed E-state index contributed by atoms with van der Waals surface area (Å²) in [4.78, 5) is 9.03. The number of fused-ring (bicyclic) bond motifs is 10. The molecule has 5 rings (SSSR count). The van der Waals surface area contributed by atoms with Crippen molar-refractivity contribution in [2.45, 2.75) is 25.7 Å². The molecule has 2 nitrogen and oxygen atoms in total. The fraction of sp³-hybridized carbons (Fsp3) is 0.154. The third-order valence-electron chi connectivity index (χ3n) is 5.57. The Morgan fingerprint density at radius 3 is 2.19 bits per heavy atom. The van der Waals surface area contributed by atoms with Crippen LogP contribution in [-0.2, 0) is 25.7 Å². The minimum Gasteiger partial charge on any atom is -0.251 e. The Morgan fingerprint density at radius 2 is 1.35 bits per heavy atom. The van der Waals surface area contributed by atoms with Crippen LogP contribution in [0.1, 0.15) is 22.4 Å². The highest BCUT2D eigenvalue weighted by molar-refractivity contribution is 14.1. The second-order valence-electron chi connectivity index (χ2n) is 7.83. The van der Waals surface area contributed by atoms with Gasteiger partial charge in [-0.1, -0.05) is 30.3 Å². The Balaban J connectivity index is 1.70. The summed E-state index contributed by atoms with van der Waals surface area (Å²) < 4.78 is 30.5. The lowest BCUT2D eigenvalue weighted by atomic mass is 9.98. The molecule has 1 aliphatic heterocycles. The summed E-state index contributed by atoms with van der Waals surface area (Å²) in [6.07, 6.45) is 3.32. The number of nitrogens with zero attached hydrogens (tertiary/aromatic N) is 2. The zero-order valence-corrected chi connectivity index (χ0v) is 18.9. The second-order valence-corrected chi connectivity index (χ2v) is 9.08. The minimum atomic E-state index is -0.703. The average Bonchev–Trinajstić information content (AvgIpc) is 2.76. The zero-order chi connectivity index (χ0) is 21.4. The van der Waals surface area contributed by atoms with E-state index in [1.54, 1.807) is 6.07 Å². The van der Waals surface area contributed by atoms with Crippen molar-refractivity contribution in [3.05, 3.63) is 104 Å². The largest absolute Gasteiger partial charge is 0.251 e. The first kappa shape index (κ1) is 20.2. The summed E-state index contributed by atoms with van der Waals surface area (Å²) in [5, 5.41) is 0. The molecule has 0 N–H and O–H groups in total. The normalized spacial score (nSPS) is 13.1. The molecule has 2 aromatic carbocycles. The molecule has 0 saturated carbocycles. The Kier molecular flexibility index (Phi) is 5.52. The molecular formula is C26H19F2IN2. The first-order valence-corrected chi connectivity index (χ1v) is 11.3. The summed E-state index contributed by atoms with van der Waals surface area (Å²) in [6, 6.07) is 21.0. The predicted molar refractivity (Wildman–Crippen MR) is 127 cm³/mol. The molecule has 0 spiro atoms. The Hall–Kier alpha value is -2.67. The van der Waals surface area contributed by atoms with Crippen LogP contribution in [0.2, 0.25) is 0 Å². The molecule has 31 heavy (non-hydrogen) atoms. The van der Waals surface area contributed by atoms with Crippen LogP contribution in [0, 0.1) is 15.2 Å². The fourth-order valence-corrected chi connectivity index (χ4v) is 4.77. The number of benzene rings is 2. The minimum absolute atomic E-state index is 0.0766. The van der Waals surface area contributed by atoms with E-state index in [2.05, 4.69) is 62.9 Å². The van der Waals surface area contributed by atoms with Crippen molar-refractivity contribution in [2.24, 2.45) is 0 Å². The highest BCUT2D eigenvalue weighted by atomic mass is 127. The Bertz CT molecular complexity index is 1290. The van der Waals surface area contributed by atoms with E-state index in [0.29, 0.717) is 11.3 Å². The van der Waals surface area contributed by atoms with Gasteiger partial charge in [0.05, 0.1) is 5.69 Å². The van der Waals surface area contributed by atoms with Crippen molar-refractivity contribution in [1.82, 2.24) is 9.97 Å². The number of aryl methyl sites for hydroxylation is 4. The lowest BCUT2D eigenvalue weighted by Gasteiger charge is -2.12. The van der Waals surface area contributed by atoms with Crippen molar-refractivity contribution < 1.29 is 8.78 Å². The summed E-state index contributed by atoms with van der Waals surface area (Å²) in [6.45, 7) is 0. The lowest BCUT2D eigenvalue weighted by molar-refractivity contribution is 0.578. The number of aromatic nitrogens is 2. The molecule has 154 valence electrons. The molecule has 4 aromatic rings. The van der Waals surface area contributed by atoms with E-state index in [0.717, 1.165) is 46.6 Å². The van der Waals surface area contributed by atoms with Crippen LogP contribution in [0.25, 0.3) is 22.6 Å². The van der Waals surface area contributed by atoms with Crippen molar-refractivity contribution in [2.75, 3.05) is 0 Å². The maximum Gasteiger partial charge on any atom is 0.154 e. The molecule has 3 heterocycles. The summed E-state index contributed by atoms with van der Waals surface area (Å²) >= 11 is 2.23. The number of halogens is 3. The standard InChI is InChI=1S/C26H19F2IN2/c27-22-15-23(28)26-24-6-2-5-21(30-24)10-9-17-4-1-3-16(11-17)7-8-18-12-19(25(22)31-26)14-20(29)13-18/h1-6,11-15H,7-10H2. The van der Waals surface area contributed by atoms with Gasteiger partial charge in [-0.15, -0.1) is 0 Å². The quantitative estimate of drug-likeness (QED) is 0.243. The van der Waals surface area contributed by atoms with Crippen molar-refractivity contribution in [3.63, 3.8) is 0 Å². The van der Waals surface area contributed by atoms with Gasteiger partial charge in [-0.3, -0.25) is 4.98 Å². The topological polar surface area (TPSA) is 25.8 Å². The predicted octanol–water partition coefficient (Wildman–Crippen LogP) is 6.58. The Morgan fingerprint density at radius 1 is 0.645 bits per heavy atom. The molecule has 2 aromatic heterocycles. The molecule has 0 radical (unpaired) electrons. The van der Waals surface area contributed by atoms with Crippen LogP contribution < -0.4 is 0 Å². The first-order valence-electron chi connectivity index (χ1n) is 10.3. The van der Waals surface area contributed by atoms with E-state index >= 15 is 0 Å². The van der Waals surface area contributed by atoms with Gasteiger partial charge < -0.3 is 0 Å². The van der Waals surface area contributed by atoms with Crippen molar-refractivity contribution in [3.8, 4) is 22.6 Å². The van der Waals surface area contributed by atoms with E-state index in [4.69, 9.17) is 0 Å². The highest BCUT2D eigenvalue weighted by Gasteiger charge is 2.17. The fourth-order valence-electron chi connectivity index (χ4n) is 4.03. The summed E-state index contributed by atoms with van der Waals surface area (Å²) in [5.41, 5.74) is 5.80. The summed E-state index contributed by atoms with van der Waals surface area (Å²) in [5.74, 6) is -1.37. The van der Waals surface area contributed by atoms with E-state index in [9.17, 15) is 8.78 Å². The van der Waals surface area contributed by atoms with Crippen LogP contribution in [0.4, 0.5) is 8.78 Å². The molecule has 5 heteroatoms. The molecular weight excluding hydrogens is 505 g/mol. The van der Waals surface area contributed by atoms with Gasteiger partial charge in [0.2, 0.25) is 0 Å². The van der Waals surface area contributed by atoms with E-state index in [-0.39, 0.29) is 11.4 Å². The number of pyridine rings is 2. The zero-order valence-electron chi connectivity index (χ0n) is 16.7. The Labute approximate surface area is 193 Å². The molecule has 8 bridgehead atoms. The van der Waals surface area contributed by atoms with Crippen LogP contribution in [-0.4, -0.2) is 9.97 Å². The van der Waals surface area contributed by atoms with Gasteiger partial charge in [0.1, 0.15) is 11.4 Å². The third-order valence-corrected chi connectivity index (χ3v) is 6.20. The van der Waals surface area contributed by atoms with Crippen LogP contribution in [0.5, 0.6) is 0 Å². The van der Waals surface area contributed by atoms with Gasteiger partial charge in [-0.25, -0.2) is 13.8 Å². The van der Waals surface area contributed by atoms with Gasteiger partial charge in [0.15, 0.2) is 11.6 Å². The number of rotatable bonds is 0. The highest BCUT2D eigenvalue weighted by Crippen LogP contribution is 2.29. The van der Waals surface area contributed by atoms with Crippen LogP contribution in [0.3, 0.4) is 0 Å². The average molecular weight is 524 g/mol. The van der Waals surface area contributed by atoms with Crippen LogP contribution >= 0.6 is 22.6 Å². The van der Waals surface area contributed by atoms with Gasteiger partial charge in [0.25, 0.3) is 0 Å². The van der Waals surface area contributed by atoms with E-state index in [1.165, 1.54) is 11.1 Å². The monoisotopic (exact) mass is 524 g/mol. The maximum absolute atomic E-state index is 14.8. The van der Waals surface area contributed by atoms with Crippen LogP contribution in [0.15, 0.2) is 66.7 Å². The molecule has 0 aliphatic carbocycles. The SMILES string of the molecule is Fc1cc(F)c2nc1-c1cc(I)cc(c1)CCc1cccc(c1)CCc1cccc-2n1. The number of hydrogen-bond acceptors (Lipinski definition) is 2. The molecule has 1 aliphatic rings. The number of hydrogen-bond donors (Lipinski definition) is 0. The van der Waals surface area contributed by atoms with Gasteiger partial charge in [-0.2, -0.15) is 0 Å². The first-order chi connectivity index (χ1) is 15.0. The molecule has 0 amide bonds. The maximum atomic E-state index is 14.8. The van der Waals surface area contributed by atoms with E-state index in [1.807, 2.05) is 24.3 Å². The molecule has 0 unspecified atom stereocenters. The van der Waals surface area contributed by atoms with Crippen molar-refractivity contribution in [1.29, 1.82) is 0 Å². The molecule has 0 fully saturated rings. The third kappa shape index (κ3) is 4.37. The molecule has 0 atom stereocenters. The lowest BCUT2D eigenvalue weighted by Crippen LogP contribution is -2.02. The molecule has 0 saturated heterocycles. The summed E-state index contributed by atoms with van der Waals surface area (Å²) in [7, 11) is 0. The van der Waals surface area contributed by atoms with E-state index < -0.39 is 11.6 Å². The second kappa shape index (κ2) is 8.46. The van der Waals surface area contributed by atoms with Gasteiger partial charge in [0, 0.05) is 20.9 Å². The van der Waals surface area contributed by atoms with Gasteiger partial charge >= 0.3 is 0 Å². The van der Waals surface area contributed by atoms with Gasteiger partial charge in [-0.05, 0) is 95.3 Å².